The monoisotopic (exact) mass is 469 g/mol. The van der Waals surface area contributed by atoms with Gasteiger partial charge in [0.1, 0.15) is 12.3 Å². The fraction of sp³-hybridized carbons (Fsp3) is 0.273. The summed E-state index contributed by atoms with van der Waals surface area (Å²) in [5, 5.41) is 8.57. The first-order valence-corrected chi connectivity index (χ1v) is 8.75. The van der Waals surface area contributed by atoms with Crippen LogP contribution in [0, 0.1) is 20.4 Å². The van der Waals surface area contributed by atoms with Crippen LogP contribution in [-0.2, 0) is 42.3 Å². The van der Waals surface area contributed by atoms with Gasteiger partial charge in [0, 0.05) is 64.1 Å². The van der Waals surface area contributed by atoms with E-state index in [0.717, 1.165) is 22.5 Å². The van der Waals surface area contributed by atoms with Crippen LogP contribution >= 0.6 is 0 Å². The molecule has 2 rings (SSSR count). The fourth-order valence-corrected chi connectivity index (χ4v) is 2.70. The molecule has 0 fully saturated rings. The molecule has 29 heavy (non-hydrogen) atoms. The minimum atomic E-state index is -0.358. The van der Waals surface area contributed by atoms with E-state index in [1.807, 2.05) is 44.2 Å². The van der Waals surface area contributed by atoms with Gasteiger partial charge in [-0.05, 0) is 31.2 Å². The van der Waals surface area contributed by atoms with Crippen molar-refractivity contribution in [2.24, 2.45) is 4.99 Å². The van der Waals surface area contributed by atoms with E-state index in [0.29, 0.717) is 5.69 Å². The number of hydrogen-bond donors (Lipinski definition) is 3. The number of benzene rings is 2. The van der Waals surface area contributed by atoms with Gasteiger partial charge >= 0.3 is 0 Å². The second-order valence-electron chi connectivity index (χ2n) is 6.22. The number of carbonyl (C=O) groups excluding carboxylic acids is 2. The first kappa shape index (κ1) is 27.0. The summed E-state index contributed by atoms with van der Waals surface area (Å²) in [5.41, 5.74) is 3.53. The number of carbonyl (C=O) groups is 2. The number of amidine groups is 1. The van der Waals surface area contributed by atoms with Crippen LogP contribution < -0.4 is 16.0 Å². The number of hydrogen-bond acceptors (Lipinski definition) is 3. The molecule has 0 saturated heterocycles. The maximum atomic E-state index is 12.1. The van der Waals surface area contributed by atoms with Gasteiger partial charge in [0.15, 0.2) is 0 Å². The van der Waals surface area contributed by atoms with Gasteiger partial charge < -0.3 is 23.4 Å². The number of rotatable bonds is 6. The summed E-state index contributed by atoms with van der Waals surface area (Å²) >= 11 is 0. The van der Waals surface area contributed by atoms with Crippen molar-refractivity contribution in [3.8, 4) is 0 Å². The van der Waals surface area contributed by atoms with E-state index in [-0.39, 0.29) is 64.4 Å². The van der Waals surface area contributed by atoms with E-state index >= 15 is 0 Å². The van der Waals surface area contributed by atoms with Crippen molar-refractivity contribution >= 4 is 23.3 Å². The van der Waals surface area contributed by atoms with Gasteiger partial charge in [0.05, 0.1) is 0 Å². The third-order valence-corrected chi connectivity index (χ3v) is 4.07. The Balaban J connectivity index is 0.00000392. The maximum absolute atomic E-state index is 12.1. The first-order valence-electron chi connectivity index (χ1n) is 8.75. The van der Waals surface area contributed by atoms with Crippen molar-refractivity contribution in [2.45, 2.75) is 26.3 Å². The molecule has 1 radical (unpaired) electrons. The minimum absolute atomic E-state index is 0. The standard InChI is InChI=1S/C21H25N4O2.CH3.Y/c1-14-6-5-7-17(12-14)15(2)24-19(26)13-20(27)25-18-10-8-16(9-11-18)21(22-3)23-4;;/h5,7-12,15H,13H2,1-4H3,(H,22,23)(H,24,26)(H,25,27);1H3;/q2*-1;. The average Bonchev–Trinajstić information content (AvgIpc) is 2.63. The molecular weight excluding hydrogens is 441 g/mol. The van der Waals surface area contributed by atoms with Crippen LogP contribution in [0.3, 0.4) is 0 Å². The van der Waals surface area contributed by atoms with Crippen molar-refractivity contribution < 1.29 is 42.3 Å². The van der Waals surface area contributed by atoms with Crippen LogP contribution in [0.1, 0.15) is 36.1 Å². The third-order valence-electron chi connectivity index (χ3n) is 4.07. The predicted octanol–water partition coefficient (Wildman–Crippen LogP) is 3.04. The Hall–Kier alpha value is -2.05. The van der Waals surface area contributed by atoms with E-state index in [2.05, 4.69) is 27.0 Å². The summed E-state index contributed by atoms with van der Waals surface area (Å²) in [6.45, 7) is 3.83. The summed E-state index contributed by atoms with van der Waals surface area (Å²) in [4.78, 5) is 28.4. The molecule has 1 atom stereocenters. The zero-order chi connectivity index (χ0) is 19.8. The Morgan fingerprint density at radius 2 is 1.79 bits per heavy atom. The fourth-order valence-electron chi connectivity index (χ4n) is 2.70. The van der Waals surface area contributed by atoms with E-state index in [1.165, 1.54) is 0 Å². The van der Waals surface area contributed by atoms with Gasteiger partial charge in [-0.15, -0.1) is 5.56 Å². The maximum Gasteiger partial charge on any atom is 0.233 e. The topological polar surface area (TPSA) is 82.6 Å². The molecule has 0 saturated carbocycles. The van der Waals surface area contributed by atoms with Gasteiger partial charge in [-0.2, -0.15) is 29.8 Å². The van der Waals surface area contributed by atoms with Crippen molar-refractivity contribution in [1.29, 1.82) is 0 Å². The molecular formula is C22H28N4O2Y-2. The Bertz CT molecular complexity index is 835. The molecule has 7 heteroatoms. The predicted molar refractivity (Wildman–Crippen MR) is 114 cm³/mol. The molecule has 1 unspecified atom stereocenters. The molecule has 2 amide bonds. The molecule has 0 aromatic heterocycles. The summed E-state index contributed by atoms with van der Waals surface area (Å²) in [6, 6.07) is 15.8. The Labute approximate surface area is 198 Å². The van der Waals surface area contributed by atoms with E-state index < -0.39 is 0 Å². The summed E-state index contributed by atoms with van der Waals surface area (Å²) < 4.78 is 0. The van der Waals surface area contributed by atoms with Crippen molar-refractivity contribution in [1.82, 2.24) is 10.6 Å². The van der Waals surface area contributed by atoms with Gasteiger partial charge in [-0.25, -0.2) is 0 Å². The van der Waals surface area contributed by atoms with Gasteiger partial charge in [0.25, 0.3) is 0 Å². The van der Waals surface area contributed by atoms with Gasteiger partial charge in [-0.1, -0.05) is 6.92 Å². The Morgan fingerprint density at radius 3 is 2.34 bits per heavy atom. The quantitative estimate of drug-likeness (QED) is 0.263. The smallest absolute Gasteiger partial charge is 0.233 e. The normalized spacial score (nSPS) is 11.4. The van der Waals surface area contributed by atoms with Crippen molar-refractivity contribution in [3.05, 3.63) is 72.6 Å². The number of aryl methyl sites for hydroxylation is 1. The van der Waals surface area contributed by atoms with Crippen molar-refractivity contribution in [2.75, 3.05) is 19.4 Å². The Morgan fingerprint density at radius 1 is 1.14 bits per heavy atom. The summed E-state index contributed by atoms with van der Waals surface area (Å²) in [5.74, 6) is 0.0794. The molecule has 0 aliphatic heterocycles. The van der Waals surface area contributed by atoms with Gasteiger partial charge in [0.2, 0.25) is 11.8 Å². The number of nitrogens with one attached hydrogen (secondary N) is 3. The third kappa shape index (κ3) is 8.46. The van der Waals surface area contributed by atoms with Gasteiger partial charge in [-0.3, -0.25) is 14.6 Å². The molecule has 0 bridgehead atoms. The van der Waals surface area contributed by atoms with Crippen LogP contribution in [0.4, 0.5) is 5.69 Å². The molecule has 3 N–H and O–H groups in total. The SMILES string of the molecule is CN=C(NC)c1ccc(NC(=O)CC(=O)NC(C)c2cc[c-]c(C)c2)cc1.[CH3-].[Y]. The number of nitrogens with zero attached hydrogens (tertiary/aromatic N) is 1. The molecule has 0 aliphatic rings. The molecule has 0 aliphatic carbocycles. The van der Waals surface area contributed by atoms with E-state index in [4.69, 9.17) is 0 Å². The largest absolute Gasteiger partial charge is 0.373 e. The number of amides is 2. The molecule has 153 valence electrons. The molecule has 2 aromatic carbocycles. The van der Waals surface area contributed by atoms with Crippen LogP contribution in [-0.4, -0.2) is 31.7 Å². The molecule has 0 heterocycles. The summed E-state index contributed by atoms with van der Waals surface area (Å²) in [7, 11) is 3.50. The molecule has 6 nitrogen and oxygen atoms in total. The molecule has 2 aromatic rings. The molecule has 0 spiro atoms. The first-order chi connectivity index (χ1) is 12.9. The zero-order valence-electron chi connectivity index (χ0n) is 17.7. The average molecular weight is 469 g/mol. The van der Waals surface area contributed by atoms with E-state index in [9.17, 15) is 9.59 Å². The number of anilines is 1. The van der Waals surface area contributed by atoms with Crippen LogP contribution in [0.15, 0.2) is 47.5 Å². The van der Waals surface area contributed by atoms with E-state index in [1.54, 1.807) is 26.2 Å². The van der Waals surface area contributed by atoms with Crippen molar-refractivity contribution in [3.63, 3.8) is 0 Å². The summed E-state index contributed by atoms with van der Waals surface area (Å²) in [6.07, 6.45) is -0.234. The van der Waals surface area contributed by atoms with Crippen LogP contribution in [0.2, 0.25) is 0 Å². The minimum Gasteiger partial charge on any atom is -0.373 e. The second-order valence-corrected chi connectivity index (χ2v) is 6.22. The zero-order valence-corrected chi connectivity index (χ0v) is 20.5. The second kappa shape index (κ2) is 13.2. The number of aliphatic imine (C=N–C) groups is 1. The Kier molecular flexibility index (Phi) is 12.3. The van der Waals surface area contributed by atoms with Crippen LogP contribution in [0.5, 0.6) is 0 Å². The van der Waals surface area contributed by atoms with Crippen LogP contribution in [0.25, 0.3) is 0 Å².